The maximum atomic E-state index is 12.9. The molecule has 0 radical (unpaired) electrons. The summed E-state index contributed by atoms with van der Waals surface area (Å²) in [5.74, 6) is -0.718. The van der Waals surface area contributed by atoms with Crippen LogP contribution in [0, 0.1) is 0 Å². The van der Waals surface area contributed by atoms with Crippen molar-refractivity contribution < 1.29 is 27.8 Å². The van der Waals surface area contributed by atoms with Crippen molar-refractivity contribution in [2.75, 3.05) is 6.54 Å². The van der Waals surface area contributed by atoms with E-state index in [0.717, 1.165) is 0 Å². The van der Waals surface area contributed by atoms with Crippen LogP contribution >= 0.6 is 0 Å². The Hall–Kier alpha value is -4.05. The Morgan fingerprint density at radius 2 is 1.73 bits per heavy atom. The normalized spacial score (nSPS) is 12.1. The quantitative estimate of drug-likeness (QED) is 0.335. The molecule has 3 N–H and O–H groups in total. The van der Waals surface area contributed by atoms with Gasteiger partial charge in [-0.25, -0.2) is 0 Å². The van der Waals surface area contributed by atoms with Crippen molar-refractivity contribution >= 4 is 16.8 Å². The largest absolute Gasteiger partial charge is 0.573 e. The lowest BCUT2D eigenvalue weighted by atomic mass is 9.88. The van der Waals surface area contributed by atoms with Gasteiger partial charge in [-0.3, -0.25) is 9.59 Å². The molecule has 37 heavy (non-hydrogen) atoms. The van der Waals surface area contributed by atoms with Crippen LogP contribution in [0.3, 0.4) is 0 Å². The van der Waals surface area contributed by atoms with E-state index in [4.69, 9.17) is 0 Å². The van der Waals surface area contributed by atoms with E-state index in [2.05, 4.69) is 15.0 Å². The van der Waals surface area contributed by atoms with Crippen LogP contribution in [0.4, 0.5) is 13.2 Å². The number of hydrogen-bond donors (Lipinski definition) is 3. The van der Waals surface area contributed by atoms with Crippen molar-refractivity contribution in [1.29, 1.82) is 0 Å². The van der Waals surface area contributed by atoms with Crippen molar-refractivity contribution in [3.8, 4) is 28.0 Å². The van der Waals surface area contributed by atoms with Crippen LogP contribution in [0.2, 0.25) is 0 Å². The van der Waals surface area contributed by atoms with Crippen LogP contribution in [-0.2, 0) is 12.6 Å². The summed E-state index contributed by atoms with van der Waals surface area (Å²) in [6.45, 7) is 5.46. The molecule has 0 bridgehead atoms. The van der Waals surface area contributed by atoms with Gasteiger partial charge >= 0.3 is 6.36 Å². The van der Waals surface area contributed by atoms with Gasteiger partial charge in [0.25, 0.3) is 11.5 Å². The zero-order valence-corrected chi connectivity index (χ0v) is 20.7. The number of aliphatic hydroxyl groups is 1. The lowest BCUT2D eigenvalue weighted by Gasteiger charge is -2.21. The molecule has 0 aliphatic heterocycles. The van der Waals surface area contributed by atoms with E-state index in [1.807, 2.05) is 0 Å². The van der Waals surface area contributed by atoms with Gasteiger partial charge < -0.3 is 24.7 Å². The predicted molar refractivity (Wildman–Crippen MR) is 134 cm³/mol. The zero-order valence-electron chi connectivity index (χ0n) is 20.7. The van der Waals surface area contributed by atoms with E-state index >= 15 is 0 Å². The summed E-state index contributed by atoms with van der Waals surface area (Å²) in [6.07, 6.45) is -3.17. The molecule has 1 amide bonds. The number of amides is 1. The van der Waals surface area contributed by atoms with Crippen molar-refractivity contribution in [3.05, 3.63) is 76.3 Å². The monoisotopic (exact) mass is 513 g/mol. The number of fused-ring (bicyclic) bond motifs is 1. The Balaban J connectivity index is 1.96. The van der Waals surface area contributed by atoms with Gasteiger partial charge in [-0.2, -0.15) is 0 Å². The molecule has 2 heterocycles. The molecule has 2 aromatic heterocycles. The summed E-state index contributed by atoms with van der Waals surface area (Å²) in [6, 6.07) is 12.3. The highest BCUT2D eigenvalue weighted by Gasteiger charge is 2.31. The van der Waals surface area contributed by atoms with Crippen LogP contribution < -0.4 is 15.6 Å². The van der Waals surface area contributed by atoms with Crippen LogP contribution in [0.5, 0.6) is 5.75 Å². The van der Waals surface area contributed by atoms with E-state index in [1.165, 1.54) is 28.8 Å². The second kappa shape index (κ2) is 9.44. The number of ether oxygens (including phenoxy) is 1. The van der Waals surface area contributed by atoms with Crippen molar-refractivity contribution in [1.82, 2.24) is 14.9 Å². The number of benzene rings is 2. The maximum absolute atomic E-state index is 12.9. The molecule has 0 fully saturated rings. The van der Waals surface area contributed by atoms with E-state index in [0.29, 0.717) is 39.7 Å². The van der Waals surface area contributed by atoms with Gasteiger partial charge in [-0.1, -0.05) is 24.3 Å². The maximum Gasteiger partial charge on any atom is 0.573 e. The average Bonchev–Trinajstić information content (AvgIpc) is 3.26. The number of carbonyl (C=O) groups excluding carboxylic acids is 1. The number of aromatic amines is 1. The minimum atomic E-state index is -4.81. The standard InChI is InChI=1S/C27H26F3N3O4/c1-5-31-24(34)22-13-20-21(14-33(4)25(35)23(20)32-22)19-12-16(26(2,3)36)8-11-18(19)15-6-9-17(10-7-15)37-27(28,29)30/h6-14,32,36H,5H2,1-4H3,(H,31,34). The lowest BCUT2D eigenvalue weighted by Crippen LogP contribution is -2.23. The molecule has 0 unspecified atom stereocenters. The summed E-state index contributed by atoms with van der Waals surface area (Å²) in [7, 11) is 1.58. The molecule has 194 valence electrons. The molecule has 0 atom stereocenters. The Morgan fingerprint density at radius 1 is 1.05 bits per heavy atom. The van der Waals surface area contributed by atoms with Gasteiger partial charge in [0.1, 0.15) is 17.0 Å². The number of carbonyl (C=O) groups is 1. The number of hydrogen-bond acceptors (Lipinski definition) is 4. The molecule has 4 rings (SSSR count). The number of aromatic nitrogens is 2. The van der Waals surface area contributed by atoms with Crippen molar-refractivity contribution in [3.63, 3.8) is 0 Å². The smallest absolute Gasteiger partial charge is 0.406 e. The highest BCUT2D eigenvalue weighted by atomic mass is 19.4. The molecule has 0 saturated carbocycles. The fraction of sp³-hybridized carbons (Fsp3) is 0.259. The molecule has 10 heteroatoms. The fourth-order valence-corrected chi connectivity index (χ4v) is 4.16. The number of pyridine rings is 1. The highest BCUT2D eigenvalue weighted by Crippen LogP contribution is 2.39. The first-order chi connectivity index (χ1) is 17.3. The Kier molecular flexibility index (Phi) is 6.64. The van der Waals surface area contributed by atoms with E-state index < -0.39 is 12.0 Å². The predicted octanol–water partition coefficient (Wildman–Crippen LogP) is 5.08. The first-order valence-corrected chi connectivity index (χ1v) is 11.5. The Bertz CT molecular complexity index is 1530. The Labute approximate surface area is 210 Å². The molecular weight excluding hydrogens is 487 g/mol. The van der Waals surface area contributed by atoms with Gasteiger partial charge in [-0.15, -0.1) is 13.2 Å². The zero-order chi connectivity index (χ0) is 27.1. The number of rotatable bonds is 6. The summed E-state index contributed by atoms with van der Waals surface area (Å²) in [5, 5.41) is 13.9. The van der Waals surface area contributed by atoms with Gasteiger partial charge in [-0.05, 0) is 67.3 Å². The highest BCUT2D eigenvalue weighted by molar-refractivity contribution is 6.04. The van der Waals surface area contributed by atoms with Crippen molar-refractivity contribution in [2.45, 2.75) is 32.7 Å². The number of nitrogens with zero attached hydrogens (tertiary/aromatic N) is 1. The third-order valence-corrected chi connectivity index (χ3v) is 5.96. The molecule has 4 aromatic rings. The number of nitrogens with one attached hydrogen (secondary N) is 2. The SMILES string of the molecule is CCNC(=O)c1cc2c(-c3cc(C(C)(C)O)ccc3-c3ccc(OC(F)(F)F)cc3)cn(C)c(=O)c2[nH]1. The minimum absolute atomic E-state index is 0.218. The number of aryl methyl sites for hydroxylation is 1. The van der Waals surface area contributed by atoms with E-state index in [-0.39, 0.29) is 28.4 Å². The molecular formula is C27H26F3N3O4. The summed E-state index contributed by atoms with van der Waals surface area (Å²) in [4.78, 5) is 28.3. The molecule has 0 aliphatic rings. The topological polar surface area (TPSA) is 96.3 Å². The number of halogens is 3. The summed E-state index contributed by atoms with van der Waals surface area (Å²) < 4.78 is 43.3. The van der Waals surface area contributed by atoms with Gasteiger partial charge in [0.05, 0.1) is 5.60 Å². The number of alkyl halides is 3. The molecule has 0 aliphatic carbocycles. The van der Waals surface area contributed by atoms with E-state index in [1.54, 1.807) is 58.3 Å². The fourth-order valence-electron chi connectivity index (χ4n) is 4.16. The van der Waals surface area contributed by atoms with Gasteiger partial charge in [0.2, 0.25) is 0 Å². The first kappa shape index (κ1) is 26.0. The van der Waals surface area contributed by atoms with E-state index in [9.17, 15) is 27.9 Å². The van der Waals surface area contributed by atoms with Gasteiger partial charge in [0.15, 0.2) is 0 Å². The van der Waals surface area contributed by atoms with Crippen molar-refractivity contribution in [2.24, 2.45) is 7.05 Å². The third kappa shape index (κ3) is 5.39. The van der Waals surface area contributed by atoms with Crippen LogP contribution in [0.25, 0.3) is 33.2 Å². The Morgan fingerprint density at radius 3 is 2.32 bits per heavy atom. The number of H-pyrrole nitrogens is 1. The molecule has 2 aromatic carbocycles. The lowest BCUT2D eigenvalue weighted by molar-refractivity contribution is -0.274. The molecule has 0 spiro atoms. The average molecular weight is 514 g/mol. The summed E-state index contributed by atoms with van der Waals surface area (Å²) in [5.41, 5.74) is 1.97. The van der Waals surface area contributed by atoms with Crippen LogP contribution in [0.1, 0.15) is 36.8 Å². The second-order valence-corrected chi connectivity index (χ2v) is 9.18. The van der Waals surface area contributed by atoms with Gasteiger partial charge in [0, 0.05) is 30.7 Å². The molecule has 7 nitrogen and oxygen atoms in total. The third-order valence-electron chi connectivity index (χ3n) is 5.96. The minimum Gasteiger partial charge on any atom is -0.406 e. The second-order valence-electron chi connectivity index (χ2n) is 9.18. The first-order valence-electron chi connectivity index (χ1n) is 11.5. The van der Waals surface area contributed by atoms with Crippen LogP contribution in [0.15, 0.2) is 59.5 Å². The summed E-state index contributed by atoms with van der Waals surface area (Å²) >= 11 is 0. The molecule has 0 saturated heterocycles. The van der Waals surface area contributed by atoms with Crippen LogP contribution in [-0.4, -0.2) is 33.5 Å².